The molecule has 3 aromatic carbocycles. The van der Waals surface area contributed by atoms with Crippen LogP contribution in [0.25, 0.3) is 0 Å². The van der Waals surface area contributed by atoms with Gasteiger partial charge in [-0.1, -0.05) is 94.1 Å². The molecule has 0 saturated carbocycles. The SMILES string of the molecule is C.CN(CCCC(=O)NCC(=O)Cc1ccc(CC[N+]23CC[N+](CC(N)=O)(CC2)CC3)cc1)S(=O)(=O)c1ccc2c(c1)C(C)(C)C(/C=C/C=C/C=C/C=C1/N(CCCS(=O)(=O)[O-])c3ccccc3C1(C)C)=[N+]2C. The quantitative estimate of drug-likeness (QED) is 0.0525. The van der Waals surface area contributed by atoms with Gasteiger partial charge in [0.1, 0.15) is 46.3 Å². The summed E-state index contributed by atoms with van der Waals surface area (Å²) in [5.74, 6) is -1.05. The number of rotatable bonds is 23. The Hall–Kier alpha value is -5.56. The summed E-state index contributed by atoms with van der Waals surface area (Å²) in [7, 11) is -4.71. The third kappa shape index (κ3) is 13.2. The van der Waals surface area contributed by atoms with E-state index in [4.69, 9.17) is 5.73 Å². The van der Waals surface area contributed by atoms with E-state index in [9.17, 15) is 35.8 Å². The number of ketones is 1. The van der Waals surface area contributed by atoms with Crippen molar-refractivity contribution in [3.05, 3.63) is 137 Å². The number of para-hydroxylation sites is 1. The molecular weight excluding hydrogens is 963 g/mol. The van der Waals surface area contributed by atoms with Crippen LogP contribution in [0.15, 0.2) is 120 Å². The number of Topliss-reactive ketones (excluding diaryl/α,β-unsaturated/α-hetero) is 1. The molecule has 0 unspecified atom stereocenters. The van der Waals surface area contributed by atoms with E-state index in [1.807, 2.05) is 86.0 Å². The Morgan fingerprint density at radius 1 is 0.822 bits per heavy atom. The topological polar surface area (TPSA) is 190 Å². The molecule has 394 valence electrons. The highest BCUT2D eigenvalue weighted by Crippen LogP contribution is 2.47. The smallest absolute Gasteiger partial charge is 0.272 e. The number of hydrogen-bond donors (Lipinski definition) is 2. The average Bonchev–Trinajstić information content (AvgIpc) is 3.66. The van der Waals surface area contributed by atoms with Gasteiger partial charge in [0.15, 0.2) is 18.0 Å². The van der Waals surface area contributed by atoms with Crippen LogP contribution < -0.4 is 16.0 Å². The fraction of sp³-hybridized carbons (Fsp3) is 0.464. The standard InChI is InChI=1S/C55H71N7O8S2.CH4/c1-54(2)46-16-12-13-17-49(46)60(29-15-37-71(66,67)68)51(54)19-11-9-7-8-10-18-50-55(3,4)47-39-45(25-26-48(47)59(50)6)72(69,70)58(5)28-14-20-53(65)57-40-44(63)38-43-23-21-42(22-24-43)27-30-61-31-34-62(35-32-61,36-33-61)41-52(56)64;/h7-13,16-19,21-26,39H,14-15,20,27-38,40-41H2,1-6H3,(H-3,56,57,64,65,66,67,68);1H4/p+2. The minimum atomic E-state index is -4.31. The third-order valence-electron chi connectivity index (χ3n) is 15.5. The molecule has 0 spiro atoms. The maximum Gasteiger partial charge on any atom is 0.272 e. The van der Waals surface area contributed by atoms with E-state index in [0.717, 1.165) is 101 Å². The summed E-state index contributed by atoms with van der Waals surface area (Å²) < 4.78 is 66.9. The van der Waals surface area contributed by atoms with Crippen molar-refractivity contribution in [3.8, 4) is 0 Å². The minimum Gasteiger partial charge on any atom is -0.748 e. The molecule has 2 bridgehead atoms. The van der Waals surface area contributed by atoms with Crippen molar-refractivity contribution in [3.63, 3.8) is 0 Å². The van der Waals surface area contributed by atoms with Crippen molar-refractivity contribution in [2.75, 3.05) is 96.7 Å². The van der Waals surface area contributed by atoms with E-state index < -0.39 is 31.3 Å². The second-order valence-electron chi connectivity index (χ2n) is 21.2. The molecule has 3 N–H and O–H groups in total. The van der Waals surface area contributed by atoms with Crippen LogP contribution in [0, 0.1) is 0 Å². The highest BCUT2D eigenvalue weighted by molar-refractivity contribution is 7.89. The number of anilines is 1. The summed E-state index contributed by atoms with van der Waals surface area (Å²) in [4.78, 5) is 39.4. The number of nitrogens with one attached hydrogen (secondary N) is 1. The summed E-state index contributed by atoms with van der Waals surface area (Å²) in [6.45, 7) is 16.5. The van der Waals surface area contributed by atoms with Crippen molar-refractivity contribution in [2.24, 2.45) is 5.73 Å². The lowest BCUT2D eigenvalue weighted by atomic mass is 9.81. The number of fused-ring (bicyclic) bond motifs is 5. The molecule has 0 radical (unpaired) electrons. The minimum absolute atomic E-state index is 0. The zero-order valence-corrected chi connectivity index (χ0v) is 44.4. The van der Waals surface area contributed by atoms with Gasteiger partial charge in [-0.15, -0.1) is 0 Å². The summed E-state index contributed by atoms with van der Waals surface area (Å²) in [6, 6.07) is 21.4. The summed E-state index contributed by atoms with van der Waals surface area (Å²) in [5, 5.41) is 2.71. The van der Waals surface area contributed by atoms with E-state index in [2.05, 4.69) is 60.7 Å². The maximum absolute atomic E-state index is 13.8. The van der Waals surface area contributed by atoms with Gasteiger partial charge in [0.25, 0.3) is 5.91 Å². The molecule has 3 saturated heterocycles. The Bertz CT molecular complexity index is 2910. The Balaban J connectivity index is 0.00000869. The first kappa shape index (κ1) is 56.7. The normalized spacial score (nSPS) is 21.6. The molecule has 15 nitrogen and oxygen atoms in total. The molecule has 73 heavy (non-hydrogen) atoms. The lowest BCUT2D eigenvalue weighted by molar-refractivity contribution is -1.08. The predicted octanol–water partition coefficient (Wildman–Crippen LogP) is 5.63. The first-order valence-corrected chi connectivity index (χ1v) is 28.1. The van der Waals surface area contributed by atoms with Crippen molar-refractivity contribution >= 4 is 54.8 Å². The molecule has 3 fully saturated rings. The lowest BCUT2D eigenvalue weighted by Gasteiger charge is -2.55. The number of nitrogens with zero attached hydrogens (tertiary/aromatic N) is 5. The first-order valence-electron chi connectivity index (χ1n) is 25.0. The van der Waals surface area contributed by atoms with Crippen LogP contribution in [0.5, 0.6) is 0 Å². The predicted molar refractivity (Wildman–Crippen MR) is 288 cm³/mol. The molecule has 0 aromatic heterocycles. The lowest BCUT2D eigenvalue weighted by Crippen LogP contribution is -2.76. The summed E-state index contributed by atoms with van der Waals surface area (Å²) in [6.07, 6.45) is 15.5. The van der Waals surface area contributed by atoms with Gasteiger partial charge < -0.3 is 29.5 Å². The number of nitrogens with two attached hydrogens (primary N) is 1. The van der Waals surface area contributed by atoms with Gasteiger partial charge in [0.2, 0.25) is 21.6 Å². The van der Waals surface area contributed by atoms with E-state index in [1.165, 1.54) is 16.9 Å². The van der Waals surface area contributed by atoms with E-state index in [-0.39, 0.29) is 74.1 Å². The number of carbonyl (C=O) groups excluding carboxylic acids is 3. The molecule has 0 atom stereocenters. The number of amides is 2. The Morgan fingerprint density at radius 2 is 1.45 bits per heavy atom. The Morgan fingerprint density at radius 3 is 2.12 bits per heavy atom. The second-order valence-corrected chi connectivity index (χ2v) is 24.8. The van der Waals surface area contributed by atoms with E-state index in [0.29, 0.717) is 13.1 Å². The molecule has 5 aliphatic rings. The Labute approximate surface area is 434 Å². The Kier molecular flexibility index (Phi) is 17.8. The van der Waals surface area contributed by atoms with Crippen LogP contribution in [0.3, 0.4) is 0 Å². The molecule has 5 heterocycles. The number of piperazine rings is 3. The van der Waals surface area contributed by atoms with Gasteiger partial charge in [0, 0.05) is 79.7 Å². The van der Waals surface area contributed by atoms with E-state index in [1.54, 1.807) is 12.1 Å². The molecule has 17 heteroatoms. The average molecular weight is 1040 g/mol. The van der Waals surface area contributed by atoms with Gasteiger partial charge in [0.05, 0.1) is 33.5 Å². The van der Waals surface area contributed by atoms with Crippen molar-refractivity contribution in [1.29, 1.82) is 0 Å². The second kappa shape index (κ2) is 22.9. The molecular formula is C56H77N7O8S2+2. The number of benzene rings is 3. The number of primary amides is 1. The highest BCUT2D eigenvalue weighted by Gasteiger charge is 2.49. The van der Waals surface area contributed by atoms with Gasteiger partial charge >= 0.3 is 0 Å². The molecule has 3 aromatic rings. The number of quaternary nitrogens is 2. The molecule has 8 rings (SSSR count). The third-order valence-corrected chi connectivity index (χ3v) is 18.2. The van der Waals surface area contributed by atoms with Crippen molar-refractivity contribution < 1.29 is 49.3 Å². The van der Waals surface area contributed by atoms with Gasteiger partial charge in [-0.25, -0.2) is 21.1 Å². The fourth-order valence-corrected chi connectivity index (χ4v) is 12.8. The van der Waals surface area contributed by atoms with Crippen LogP contribution >= 0.6 is 0 Å². The molecule has 0 aliphatic carbocycles. The number of allylic oxidation sites excluding steroid dienone is 8. The van der Waals surface area contributed by atoms with Gasteiger partial charge in [-0.3, -0.25) is 14.4 Å². The van der Waals surface area contributed by atoms with Crippen molar-refractivity contribution in [2.45, 2.75) is 83.0 Å². The zero-order chi connectivity index (χ0) is 52.1. The number of sulfonamides is 1. The zero-order valence-electron chi connectivity index (χ0n) is 42.8. The molecule has 2 amide bonds. The van der Waals surface area contributed by atoms with Crippen LogP contribution in [-0.4, -0.2) is 154 Å². The first-order chi connectivity index (χ1) is 34.0. The van der Waals surface area contributed by atoms with Crippen molar-refractivity contribution in [1.82, 2.24) is 9.62 Å². The number of carbonyl (C=O) groups is 3. The highest BCUT2D eigenvalue weighted by atomic mass is 32.2. The fourth-order valence-electron chi connectivity index (χ4n) is 11.1. The molecule has 5 aliphatic heterocycles. The summed E-state index contributed by atoms with van der Waals surface area (Å²) in [5.41, 5.74) is 12.7. The number of hydrogen-bond acceptors (Lipinski definition) is 9. The summed E-state index contributed by atoms with van der Waals surface area (Å²) >= 11 is 0. The maximum atomic E-state index is 13.8. The van der Waals surface area contributed by atoms with Gasteiger partial charge in [-0.2, -0.15) is 4.58 Å². The van der Waals surface area contributed by atoms with Crippen LogP contribution in [0.4, 0.5) is 11.4 Å². The largest absolute Gasteiger partial charge is 0.748 e. The van der Waals surface area contributed by atoms with E-state index >= 15 is 0 Å². The monoisotopic (exact) mass is 1040 g/mol. The van der Waals surface area contributed by atoms with Gasteiger partial charge in [-0.05, 0) is 67.7 Å². The van der Waals surface area contributed by atoms with Crippen LogP contribution in [-0.2, 0) is 58.2 Å². The van der Waals surface area contributed by atoms with Crippen LogP contribution in [0.1, 0.15) is 76.6 Å². The van der Waals surface area contributed by atoms with Crippen LogP contribution in [0.2, 0.25) is 0 Å².